The average Bonchev–Trinajstić information content (AvgIpc) is 2.94. The fourth-order valence-electron chi connectivity index (χ4n) is 1.83. The highest BCUT2D eigenvalue weighted by Gasteiger charge is 2.14. The molecule has 1 atom stereocenters. The molecule has 7 heteroatoms. The zero-order chi connectivity index (χ0) is 15.9. The van der Waals surface area contributed by atoms with Crippen LogP contribution in [0.3, 0.4) is 0 Å². The van der Waals surface area contributed by atoms with Gasteiger partial charge >= 0.3 is 0 Å². The predicted molar refractivity (Wildman–Crippen MR) is 88.4 cm³/mol. The van der Waals surface area contributed by atoms with E-state index in [-0.39, 0.29) is 11.8 Å². The summed E-state index contributed by atoms with van der Waals surface area (Å²) in [5.74, 6) is 0.660. The maximum atomic E-state index is 11.9. The van der Waals surface area contributed by atoms with Crippen LogP contribution in [0.5, 0.6) is 5.75 Å². The van der Waals surface area contributed by atoms with E-state index < -0.39 is 0 Å². The Morgan fingerprint density at radius 3 is 2.77 bits per heavy atom. The third-order valence-electron chi connectivity index (χ3n) is 3.04. The summed E-state index contributed by atoms with van der Waals surface area (Å²) in [6, 6.07) is 7.10. The Balaban J connectivity index is 1.86. The van der Waals surface area contributed by atoms with Crippen LogP contribution in [-0.4, -0.2) is 16.1 Å². The zero-order valence-electron chi connectivity index (χ0n) is 12.5. The Hall–Kier alpha value is -1.66. The maximum Gasteiger partial charge on any atom is 0.229 e. The molecule has 1 heterocycles. The number of amides is 1. The first-order valence-corrected chi connectivity index (χ1v) is 8.29. The van der Waals surface area contributed by atoms with Crippen molar-refractivity contribution in [3.05, 3.63) is 34.3 Å². The summed E-state index contributed by atoms with van der Waals surface area (Å²) >= 11 is 7.13. The van der Waals surface area contributed by atoms with Gasteiger partial charge < -0.3 is 10.1 Å². The van der Waals surface area contributed by atoms with Crippen LogP contribution in [0.2, 0.25) is 5.02 Å². The molecule has 0 aliphatic carbocycles. The number of carbonyl (C=O) groups is 1. The minimum absolute atomic E-state index is 0.0248. The predicted octanol–water partition coefficient (Wildman–Crippen LogP) is 4.15. The molecule has 0 aliphatic heterocycles. The van der Waals surface area contributed by atoms with Crippen LogP contribution < -0.4 is 10.1 Å². The molecule has 0 aliphatic rings. The number of ether oxygens (including phenoxy) is 1. The lowest BCUT2D eigenvalue weighted by Gasteiger charge is -2.08. The Bertz CT molecular complexity index is 616. The second kappa shape index (κ2) is 8.10. The van der Waals surface area contributed by atoms with Crippen molar-refractivity contribution in [3.63, 3.8) is 0 Å². The van der Waals surface area contributed by atoms with Gasteiger partial charge in [0.1, 0.15) is 12.4 Å². The van der Waals surface area contributed by atoms with E-state index in [0.29, 0.717) is 27.5 Å². The molecule has 0 unspecified atom stereocenters. The van der Waals surface area contributed by atoms with Crippen LogP contribution in [0.15, 0.2) is 24.3 Å². The molecule has 1 N–H and O–H groups in total. The molecule has 0 spiro atoms. The van der Waals surface area contributed by atoms with Crippen molar-refractivity contribution in [1.29, 1.82) is 0 Å². The average molecular weight is 340 g/mol. The Morgan fingerprint density at radius 2 is 2.09 bits per heavy atom. The second-order valence-electron chi connectivity index (χ2n) is 4.92. The van der Waals surface area contributed by atoms with Crippen molar-refractivity contribution in [2.75, 3.05) is 5.32 Å². The molecule has 22 heavy (non-hydrogen) atoms. The summed E-state index contributed by atoms with van der Waals surface area (Å²) in [7, 11) is 0. The first-order valence-electron chi connectivity index (χ1n) is 7.10. The van der Waals surface area contributed by atoms with E-state index in [1.807, 2.05) is 6.92 Å². The van der Waals surface area contributed by atoms with Crippen LogP contribution in [-0.2, 0) is 11.4 Å². The first kappa shape index (κ1) is 16.7. The number of rotatable bonds is 7. The fraction of sp³-hybridized carbons (Fsp3) is 0.400. The van der Waals surface area contributed by atoms with Gasteiger partial charge in [-0.05, 0) is 30.7 Å². The standard InChI is InChI=1S/C15H18ClN3O2S/c1-3-4-10(2)14(20)17-15-19-18-13(22-15)9-21-12-7-5-11(16)6-8-12/h5-8,10H,3-4,9H2,1-2H3,(H,17,19,20)/t10-/m0/s1. The number of anilines is 1. The van der Waals surface area contributed by atoms with Crippen molar-refractivity contribution >= 4 is 34.0 Å². The van der Waals surface area contributed by atoms with Crippen molar-refractivity contribution in [2.45, 2.75) is 33.3 Å². The molecule has 0 saturated heterocycles. The molecule has 1 aromatic carbocycles. The highest BCUT2D eigenvalue weighted by molar-refractivity contribution is 7.15. The van der Waals surface area contributed by atoms with Crippen LogP contribution in [0.4, 0.5) is 5.13 Å². The highest BCUT2D eigenvalue weighted by Crippen LogP contribution is 2.20. The van der Waals surface area contributed by atoms with Crippen LogP contribution in [0, 0.1) is 5.92 Å². The van der Waals surface area contributed by atoms with Gasteiger partial charge in [-0.15, -0.1) is 10.2 Å². The van der Waals surface area contributed by atoms with E-state index >= 15 is 0 Å². The summed E-state index contributed by atoms with van der Waals surface area (Å²) in [5, 5.41) is 12.6. The molecule has 2 rings (SSSR count). The zero-order valence-corrected chi connectivity index (χ0v) is 14.1. The molecule has 0 bridgehead atoms. The molecular formula is C15H18ClN3O2S. The Labute approximate surface area is 138 Å². The molecular weight excluding hydrogens is 322 g/mol. The maximum absolute atomic E-state index is 11.9. The summed E-state index contributed by atoms with van der Waals surface area (Å²) < 4.78 is 5.59. The summed E-state index contributed by atoms with van der Waals surface area (Å²) in [4.78, 5) is 11.9. The van der Waals surface area contributed by atoms with Gasteiger partial charge in [0.15, 0.2) is 5.01 Å². The van der Waals surface area contributed by atoms with Crippen LogP contribution in [0.1, 0.15) is 31.7 Å². The van der Waals surface area contributed by atoms with Gasteiger partial charge in [-0.2, -0.15) is 0 Å². The van der Waals surface area contributed by atoms with E-state index in [9.17, 15) is 4.79 Å². The molecule has 0 saturated carbocycles. The first-order chi connectivity index (χ1) is 10.6. The summed E-state index contributed by atoms with van der Waals surface area (Å²) in [5.41, 5.74) is 0. The van der Waals surface area contributed by atoms with Crippen molar-refractivity contribution in [1.82, 2.24) is 10.2 Å². The lowest BCUT2D eigenvalue weighted by atomic mass is 10.1. The normalized spacial score (nSPS) is 12.0. The molecule has 5 nitrogen and oxygen atoms in total. The lowest BCUT2D eigenvalue weighted by molar-refractivity contribution is -0.119. The number of hydrogen-bond acceptors (Lipinski definition) is 5. The van der Waals surface area contributed by atoms with Gasteiger partial charge in [0.25, 0.3) is 0 Å². The highest BCUT2D eigenvalue weighted by atomic mass is 35.5. The second-order valence-corrected chi connectivity index (χ2v) is 6.42. The van der Waals surface area contributed by atoms with Crippen molar-refractivity contribution in [3.8, 4) is 5.75 Å². The fourth-order valence-corrected chi connectivity index (χ4v) is 2.61. The number of nitrogens with one attached hydrogen (secondary N) is 1. The van der Waals surface area contributed by atoms with E-state index in [1.54, 1.807) is 24.3 Å². The molecule has 118 valence electrons. The minimum atomic E-state index is -0.0253. The number of nitrogens with zero attached hydrogens (tertiary/aromatic N) is 2. The largest absolute Gasteiger partial charge is 0.486 e. The van der Waals surface area contributed by atoms with E-state index in [2.05, 4.69) is 22.4 Å². The SMILES string of the molecule is CCC[C@H](C)C(=O)Nc1nnc(COc2ccc(Cl)cc2)s1. The third-order valence-corrected chi connectivity index (χ3v) is 4.11. The van der Waals surface area contributed by atoms with Gasteiger partial charge in [-0.1, -0.05) is 43.2 Å². The van der Waals surface area contributed by atoms with Gasteiger partial charge in [0.2, 0.25) is 11.0 Å². The number of benzene rings is 1. The van der Waals surface area contributed by atoms with Gasteiger partial charge in [-0.25, -0.2) is 0 Å². The lowest BCUT2D eigenvalue weighted by Crippen LogP contribution is -2.20. The topological polar surface area (TPSA) is 64.1 Å². The summed E-state index contributed by atoms with van der Waals surface area (Å²) in [6.07, 6.45) is 1.84. The van der Waals surface area contributed by atoms with Crippen molar-refractivity contribution < 1.29 is 9.53 Å². The molecule has 2 aromatic rings. The monoisotopic (exact) mass is 339 g/mol. The quantitative estimate of drug-likeness (QED) is 0.823. The number of carbonyl (C=O) groups excluding carboxylic acids is 1. The molecule has 1 amide bonds. The molecule has 0 fully saturated rings. The Morgan fingerprint density at radius 1 is 1.36 bits per heavy atom. The van der Waals surface area contributed by atoms with Crippen molar-refractivity contribution in [2.24, 2.45) is 5.92 Å². The van der Waals surface area contributed by atoms with E-state index in [0.717, 1.165) is 12.8 Å². The van der Waals surface area contributed by atoms with Gasteiger partial charge in [-0.3, -0.25) is 4.79 Å². The third kappa shape index (κ3) is 4.96. The van der Waals surface area contributed by atoms with Crippen LogP contribution in [0.25, 0.3) is 0 Å². The molecule has 0 radical (unpaired) electrons. The summed E-state index contributed by atoms with van der Waals surface area (Å²) in [6.45, 7) is 4.27. The van der Waals surface area contributed by atoms with Gasteiger partial charge in [0.05, 0.1) is 0 Å². The van der Waals surface area contributed by atoms with E-state index in [1.165, 1.54) is 11.3 Å². The molecule has 1 aromatic heterocycles. The number of hydrogen-bond donors (Lipinski definition) is 1. The van der Waals surface area contributed by atoms with Crippen LogP contribution >= 0.6 is 22.9 Å². The number of halogens is 1. The Kier molecular flexibility index (Phi) is 6.15. The minimum Gasteiger partial charge on any atom is -0.486 e. The van der Waals surface area contributed by atoms with E-state index in [4.69, 9.17) is 16.3 Å². The smallest absolute Gasteiger partial charge is 0.229 e. The number of aromatic nitrogens is 2. The van der Waals surface area contributed by atoms with Gasteiger partial charge in [0, 0.05) is 10.9 Å².